The molecule has 3 aromatic carbocycles. The van der Waals surface area contributed by atoms with E-state index >= 15 is 0 Å². The average Bonchev–Trinajstić information content (AvgIpc) is 3.68. The third-order valence-electron chi connectivity index (χ3n) is 6.08. The van der Waals surface area contributed by atoms with E-state index in [9.17, 15) is 23.1 Å². The number of hydrogen-bond acceptors (Lipinski definition) is 3. The molecule has 0 heterocycles. The molecule has 0 bridgehead atoms. The maximum absolute atomic E-state index is 13.9. The first kappa shape index (κ1) is 23.8. The van der Waals surface area contributed by atoms with Gasteiger partial charge >= 0.3 is 6.18 Å². The van der Waals surface area contributed by atoms with Crippen molar-refractivity contribution in [2.24, 2.45) is 5.92 Å². The van der Waals surface area contributed by atoms with Crippen LogP contribution in [0.5, 0.6) is 0 Å². The summed E-state index contributed by atoms with van der Waals surface area (Å²) in [4.78, 5) is 14.0. The van der Waals surface area contributed by atoms with Crippen molar-refractivity contribution >= 4 is 11.6 Å². The summed E-state index contributed by atoms with van der Waals surface area (Å²) in [7, 11) is 0. The molecule has 1 fully saturated rings. The molecule has 3 aromatic rings. The molecule has 1 amide bonds. The second kappa shape index (κ2) is 9.89. The van der Waals surface area contributed by atoms with Crippen molar-refractivity contribution < 1.29 is 23.1 Å². The molecule has 1 aliphatic rings. The zero-order valence-electron chi connectivity index (χ0n) is 18.6. The lowest BCUT2D eigenvalue weighted by molar-refractivity contribution is -0.264. The van der Waals surface area contributed by atoms with Crippen LogP contribution in [0.15, 0.2) is 84.9 Å². The lowest BCUT2D eigenvalue weighted by atomic mass is 9.92. The van der Waals surface area contributed by atoms with Crippen molar-refractivity contribution in [2.75, 3.05) is 11.4 Å². The Morgan fingerprint density at radius 2 is 1.35 bits per heavy atom. The molecule has 0 aliphatic heterocycles. The number of rotatable bonds is 9. The van der Waals surface area contributed by atoms with Gasteiger partial charge in [0.15, 0.2) is 0 Å². The van der Waals surface area contributed by atoms with E-state index in [1.165, 1.54) is 12.1 Å². The minimum absolute atomic E-state index is 0.246. The van der Waals surface area contributed by atoms with E-state index in [0.717, 1.165) is 16.8 Å². The van der Waals surface area contributed by atoms with E-state index in [2.05, 4.69) is 10.2 Å². The Morgan fingerprint density at radius 1 is 0.853 bits per heavy atom. The van der Waals surface area contributed by atoms with Crippen molar-refractivity contribution in [3.8, 4) is 0 Å². The minimum atomic E-state index is -4.95. The summed E-state index contributed by atoms with van der Waals surface area (Å²) in [6.07, 6.45) is -3.60. The standard InChI is InChI=1S/C27H27F3N2O2/c28-27(29,30)26(34,19-31-25(33)22-11-12-22)23-13-15-24(16-14-23)32(17-20-7-3-1-4-8-20)18-21-9-5-2-6-10-21/h1-10,13-16,22,34H,11-12,17-19H2,(H,31,33). The van der Waals surface area contributed by atoms with Crippen LogP contribution in [0.1, 0.15) is 29.5 Å². The van der Waals surface area contributed by atoms with Crippen LogP contribution in [0.25, 0.3) is 0 Å². The number of alkyl halides is 3. The monoisotopic (exact) mass is 468 g/mol. The van der Waals surface area contributed by atoms with Gasteiger partial charge in [0.1, 0.15) is 0 Å². The third-order valence-corrected chi connectivity index (χ3v) is 6.08. The van der Waals surface area contributed by atoms with Crippen molar-refractivity contribution in [1.82, 2.24) is 5.32 Å². The molecule has 34 heavy (non-hydrogen) atoms. The highest BCUT2D eigenvalue weighted by Gasteiger charge is 2.55. The Bertz CT molecular complexity index is 1040. The third kappa shape index (κ3) is 5.59. The molecular weight excluding hydrogens is 441 g/mol. The van der Waals surface area contributed by atoms with Crippen molar-refractivity contribution in [2.45, 2.75) is 37.7 Å². The van der Waals surface area contributed by atoms with Gasteiger partial charge < -0.3 is 15.3 Å². The van der Waals surface area contributed by atoms with Gasteiger partial charge in [0.25, 0.3) is 0 Å². The summed E-state index contributed by atoms with van der Waals surface area (Å²) >= 11 is 0. The summed E-state index contributed by atoms with van der Waals surface area (Å²) in [6, 6.07) is 25.4. The molecule has 7 heteroatoms. The predicted octanol–water partition coefficient (Wildman–Crippen LogP) is 5.17. The van der Waals surface area contributed by atoms with E-state index in [1.54, 1.807) is 12.1 Å². The van der Waals surface area contributed by atoms with E-state index in [1.807, 2.05) is 60.7 Å². The Hall–Kier alpha value is -3.32. The lowest BCUT2D eigenvalue weighted by Crippen LogP contribution is -2.51. The smallest absolute Gasteiger partial charge is 0.375 e. The maximum Gasteiger partial charge on any atom is 0.423 e. The van der Waals surface area contributed by atoms with Crippen LogP contribution < -0.4 is 10.2 Å². The van der Waals surface area contributed by atoms with Gasteiger partial charge in [-0.1, -0.05) is 72.8 Å². The number of anilines is 1. The van der Waals surface area contributed by atoms with E-state index < -0.39 is 24.2 Å². The molecule has 178 valence electrons. The second-order valence-electron chi connectivity index (χ2n) is 8.72. The first-order valence-corrected chi connectivity index (χ1v) is 11.3. The van der Waals surface area contributed by atoms with Crippen LogP contribution in [0.2, 0.25) is 0 Å². The van der Waals surface area contributed by atoms with Crippen LogP contribution in [0.3, 0.4) is 0 Å². The fourth-order valence-electron chi connectivity index (χ4n) is 3.86. The second-order valence-corrected chi connectivity index (χ2v) is 8.72. The summed E-state index contributed by atoms with van der Waals surface area (Å²) in [6.45, 7) is 0.217. The molecule has 0 saturated heterocycles. The minimum Gasteiger partial charge on any atom is -0.375 e. The largest absolute Gasteiger partial charge is 0.423 e. The van der Waals surface area contributed by atoms with Gasteiger partial charge in [0.2, 0.25) is 11.5 Å². The van der Waals surface area contributed by atoms with Crippen LogP contribution in [0.4, 0.5) is 18.9 Å². The Morgan fingerprint density at radius 3 is 1.79 bits per heavy atom. The number of nitrogens with one attached hydrogen (secondary N) is 1. The average molecular weight is 469 g/mol. The van der Waals surface area contributed by atoms with E-state index in [4.69, 9.17) is 0 Å². The highest BCUT2D eigenvalue weighted by atomic mass is 19.4. The van der Waals surface area contributed by atoms with Gasteiger partial charge in [0.05, 0.1) is 6.54 Å². The zero-order valence-corrected chi connectivity index (χ0v) is 18.6. The number of nitrogens with zero attached hydrogens (tertiary/aromatic N) is 1. The quantitative estimate of drug-likeness (QED) is 0.456. The molecule has 0 spiro atoms. The van der Waals surface area contributed by atoms with Crippen LogP contribution in [-0.4, -0.2) is 23.7 Å². The van der Waals surface area contributed by atoms with E-state index in [0.29, 0.717) is 25.9 Å². The van der Waals surface area contributed by atoms with Crippen LogP contribution in [-0.2, 0) is 23.5 Å². The summed E-state index contributed by atoms with van der Waals surface area (Å²) < 4.78 is 41.6. The lowest BCUT2D eigenvalue weighted by Gasteiger charge is -2.32. The van der Waals surface area contributed by atoms with Gasteiger partial charge in [-0.25, -0.2) is 0 Å². The predicted molar refractivity (Wildman–Crippen MR) is 125 cm³/mol. The van der Waals surface area contributed by atoms with Gasteiger partial charge in [0, 0.05) is 24.7 Å². The first-order chi connectivity index (χ1) is 16.3. The van der Waals surface area contributed by atoms with Crippen LogP contribution in [0, 0.1) is 5.92 Å². The topological polar surface area (TPSA) is 52.6 Å². The molecule has 2 N–H and O–H groups in total. The molecule has 1 saturated carbocycles. The van der Waals surface area contributed by atoms with Gasteiger partial charge in [-0.15, -0.1) is 0 Å². The fourth-order valence-corrected chi connectivity index (χ4v) is 3.86. The number of hydrogen-bond donors (Lipinski definition) is 2. The van der Waals surface area contributed by atoms with E-state index in [-0.39, 0.29) is 11.5 Å². The summed E-state index contributed by atoms with van der Waals surface area (Å²) in [5, 5.41) is 12.9. The number of amides is 1. The fraction of sp³-hybridized carbons (Fsp3) is 0.296. The summed E-state index contributed by atoms with van der Waals surface area (Å²) in [5.41, 5.74) is -0.615. The van der Waals surface area contributed by atoms with Gasteiger partial charge in [-0.05, 0) is 41.7 Å². The van der Waals surface area contributed by atoms with Crippen LogP contribution >= 0.6 is 0 Å². The van der Waals surface area contributed by atoms with Crippen molar-refractivity contribution in [3.63, 3.8) is 0 Å². The molecule has 1 aliphatic carbocycles. The number of aliphatic hydroxyl groups is 1. The van der Waals surface area contributed by atoms with Crippen molar-refractivity contribution in [1.29, 1.82) is 0 Å². The Kier molecular flexibility index (Phi) is 6.93. The number of carbonyl (C=O) groups is 1. The Balaban J connectivity index is 1.58. The Labute approximate surface area is 197 Å². The van der Waals surface area contributed by atoms with Gasteiger partial charge in [-0.3, -0.25) is 4.79 Å². The zero-order chi connectivity index (χ0) is 24.2. The number of halogens is 3. The number of benzene rings is 3. The molecular formula is C27H27F3N2O2. The van der Waals surface area contributed by atoms with Gasteiger partial charge in [-0.2, -0.15) is 13.2 Å². The highest BCUT2D eigenvalue weighted by Crippen LogP contribution is 2.39. The highest BCUT2D eigenvalue weighted by molar-refractivity contribution is 5.80. The normalized spacial score (nSPS) is 15.4. The maximum atomic E-state index is 13.9. The molecule has 1 atom stereocenters. The molecule has 0 aromatic heterocycles. The summed E-state index contributed by atoms with van der Waals surface area (Å²) in [5.74, 6) is -0.694. The molecule has 4 nitrogen and oxygen atoms in total. The molecule has 4 rings (SSSR count). The van der Waals surface area contributed by atoms with Crippen molar-refractivity contribution in [3.05, 3.63) is 102 Å². The first-order valence-electron chi connectivity index (χ1n) is 11.3. The molecule has 0 radical (unpaired) electrons. The number of carbonyl (C=O) groups excluding carboxylic acids is 1. The molecule has 1 unspecified atom stereocenters. The SMILES string of the molecule is O=C(NCC(O)(c1ccc(N(Cc2ccccc2)Cc2ccccc2)cc1)C(F)(F)F)C1CC1.